The molecular weight excluding hydrogens is 322 g/mol. The van der Waals surface area contributed by atoms with Crippen molar-refractivity contribution in [2.45, 2.75) is 17.7 Å². The van der Waals surface area contributed by atoms with E-state index in [1.807, 2.05) is 35.4 Å². The maximum Gasteiger partial charge on any atom is 0.228 e. The van der Waals surface area contributed by atoms with Crippen molar-refractivity contribution in [3.8, 4) is 0 Å². The second kappa shape index (κ2) is 7.57. The van der Waals surface area contributed by atoms with Gasteiger partial charge in [0, 0.05) is 43.2 Å². The first-order chi connectivity index (χ1) is 11.6. The Morgan fingerprint density at radius 3 is 2.58 bits per heavy atom. The summed E-state index contributed by atoms with van der Waals surface area (Å²) in [6.45, 7) is 4.01. The van der Waals surface area contributed by atoms with E-state index in [9.17, 15) is 9.59 Å². The molecule has 1 aromatic rings. The Kier molecular flexibility index (Phi) is 5.46. The molecule has 1 unspecified atom stereocenters. The van der Waals surface area contributed by atoms with E-state index >= 15 is 0 Å². The molecule has 0 N–H and O–H groups in total. The highest BCUT2D eigenvalue weighted by atomic mass is 32.2. The van der Waals surface area contributed by atoms with Gasteiger partial charge in [0.2, 0.25) is 11.8 Å². The summed E-state index contributed by atoms with van der Waals surface area (Å²) in [7, 11) is 2.09. The third-order valence-corrected chi connectivity index (χ3v) is 5.63. The topological polar surface area (TPSA) is 43.9 Å². The zero-order chi connectivity index (χ0) is 17.1. The summed E-state index contributed by atoms with van der Waals surface area (Å²) < 4.78 is 0. The first-order valence-electron chi connectivity index (χ1n) is 8.50. The van der Waals surface area contributed by atoms with Gasteiger partial charge in [-0.05, 0) is 50.5 Å². The fourth-order valence-corrected chi connectivity index (χ4v) is 3.82. The van der Waals surface area contributed by atoms with Gasteiger partial charge in [-0.2, -0.15) is 0 Å². The quantitative estimate of drug-likeness (QED) is 0.784. The van der Waals surface area contributed by atoms with Gasteiger partial charge in [0.05, 0.1) is 5.92 Å². The van der Waals surface area contributed by atoms with Gasteiger partial charge >= 0.3 is 0 Å². The Labute approximate surface area is 148 Å². The normalized spacial score (nSPS) is 22.8. The smallest absolute Gasteiger partial charge is 0.228 e. The van der Waals surface area contributed by atoms with Gasteiger partial charge in [0.25, 0.3) is 0 Å². The standard InChI is InChI=1S/C18H25N3O2S/c1-19-8-3-9-20(11-10-19)18(23)14-12-17(22)21(13-14)15-4-6-16(24-2)7-5-15/h4-7,14H,3,8-13H2,1-2H3. The molecule has 6 heteroatoms. The number of carbonyl (C=O) groups is 2. The highest BCUT2D eigenvalue weighted by Crippen LogP contribution is 2.28. The van der Waals surface area contributed by atoms with Crippen LogP contribution >= 0.6 is 11.8 Å². The molecule has 2 fully saturated rings. The molecule has 0 radical (unpaired) electrons. The Hall–Kier alpha value is -1.53. The average molecular weight is 347 g/mol. The Balaban J connectivity index is 1.66. The van der Waals surface area contributed by atoms with E-state index in [-0.39, 0.29) is 17.7 Å². The minimum absolute atomic E-state index is 0.0530. The van der Waals surface area contributed by atoms with Crippen LogP contribution in [0.2, 0.25) is 0 Å². The molecule has 2 amide bonds. The van der Waals surface area contributed by atoms with Crippen molar-refractivity contribution in [3.63, 3.8) is 0 Å². The number of nitrogens with zero attached hydrogens (tertiary/aromatic N) is 3. The van der Waals surface area contributed by atoms with Gasteiger partial charge in [-0.1, -0.05) is 0 Å². The van der Waals surface area contributed by atoms with Gasteiger partial charge in [-0.25, -0.2) is 0 Å². The van der Waals surface area contributed by atoms with Crippen LogP contribution < -0.4 is 4.90 Å². The van der Waals surface area contributed by atoms with Crippen LogP contribution in [0.3, 0.4) is 0 Å². The summed E-state index contributed by atoms with van der Waals surface area (Å²) in [5, 5.41) is 0. The molecular formula is C18H25N3O2S. The molecule has 0 aromatic heterocycles. The zero-order valence-electron chi connectivity index (χ0n) is 14.4. The van der Waals surface area contributed by atoms with Crippen LogP contribution in [0, 0.1) is 5.92 Å². The molecule has 130 valence electrons. The van der Waals surface area contributed by atoms with Gasteiger partial charge in [0.15, 0.2) is 0 Å². The fraction of sp³-hybridized carbons (Fsp3) is 0.556. The molecule has 2 aliphatic heterocycles. The Morgan fingerprint density at radius 1 is 1.12 bits per heavy atom. The molecule has 1 aromatic carbocycles. The molecule has 2 aliphatic rings. The molecule has 1 atom stereocenters. The molecule has 0 spiro atoms. The van der Waals surface area contributed by atoms with Crippen molar-refractivity contribution in [1.82, 2.24) is 9.80 Å². The highest BCUT2D eigenvalue weighted by molar-refractivity contribution is 7.98. The number of anilines is 1. The molecule has 5 nitrogen and oxygen atoms in total. The van der Waals surface area contributed by atoms with Crippen LogP contribution in [0.25, 0.3) is 0 Å². The van der Waals surface area contributed by atoms with Crippen LogP contribution in [0.15, 0.2) is 29.2 Å². The van der Waals surface area contributed by atoms with E-state index in [0.717, 1.165) is 38.3 Å². The minimum atomic E-state index is -0.207. The van der Waals surface area contributed by atoms with Gasteiger partial charge in [-0.15, -0.1) is 11.8 Å². The number of benzene rings is 1. The van der Waals surface area contributed by atoms with Gasteiger partial charge in [-0.3, -0.25) is 9.59 Å². The Bertz CT molecular complexity index is 605. The third-order valence-electron chi connectivity index (χ3n) is 4.89. The van der Waals surface area contributed by atoms with Gasteiger partial charge in [0.1, 0.15) is 0 Å². The van der Waals surface area contributed by atoms with Crippen molar-refractivity contribution in [2.24, 2.45) is 5.92 Å². The van der Waals surface area contributed by atoms with Crippen molar-refractivity contribution in [3.05, 3.63) is 24.3 Å². The molecule has 2 saturated heterocycles. The molecule has 3 rings (SSSR count). The van der Waals surface area contributed by atoms with Crippen LogP contribution in [0.4, 0.5) is 5.69 Å². The summed E-state index contributed by atoms with van der Waals surface area (Å²) in [6.07, 6.45) is 3.36. The van der Waals surface area contributed by atoms with Crippen LogP contribution in [0.5, 0.6) is 0 Å². The maximum absolute atomic E-state index is 12.8. The predicted molar refractivity (Wildman–Crippen MR) is 97.4 cm³/mol. The van der Waals surface area contributed by atoms with Crippen LogP contribution in [-0.2, 0) is 9.59 Å². The van der Waals surface area contributed by atoms with E-state index in [0.29, 0.717) is 13.0 Å². The number of hydrogen-bond donors (Lipinski definition) is 0. The van der Waals surface area contributed by atoms with E-state index in [1.54, 1.807) is 16.7 Å². The SMILES string of the molecule is CSc1ccc(N2CC(C(=O)N3CCCN(C)CC3)CC2=O)cc1. The lowest BCUT2D eigenvalue weighted by molar-refractivity contribution is -0.135. The van der Waals surface area contributed by atoms with Crippen LogP contribution in [0.1, 0.15) is 12.8 Å². The van der Waals surface area contributed by atoms with Crippen LogP contribution in [-0.4, -0.2) is 67.6 Å². The first kappa shape index (κ1) is 17.3. The molecule has 2 heterocycles. The largest absolute Gasteiger partial charge is 0.341 e. The third kappa shape index (κ3) is 3.75. The number of hydrogen-bond acceptors (Lipinski definition) is 4. The van der Waals surface area contributed by atoms with Gasteiger partial charge < -0.3 is 14.7 Å². The lowest BCUT2D eigenvalue weighted by Crippen LogP contribution is -2.39. The number of likely N-dealkylation sites (N-methyl/N-ethyl adjacent to an activating group) is 1. The maximum atomic E-state index is 12.8. The summed E-state index contributed by atoms with van der Waals surface area (Å²) >= 11 is 1.68. The van der Waals surface area contributed by atoms with Crippen molar-refractivity contribution in [1.29, 1.82) is 0 Å². The molecule has 0 saturated carbocycles. The zero-order valence-corrected chi connectivity index (χ0v) is 15.2. The fourth-order valence-electron chi connectivity index (χ4n) is 3.41. The van der Waals surface area contributed by atoms with E-state index in [4.69, 9.17) is 0 Å². The lowest BCUT2D eigenvalue weighted by atomic mass is 10.1. The highest BCUT2D eigenvalue weighted by Gasteiger charge is 2.37. The number of rotatable bonds is 3. The molecule has 0 bridgehead atoms. The van der Waals surface area contributed by atoms with E-state index in [2.05, 4.69) is 11.9 Å². The molecule has 24 heavy (non-hydrogen) atoms. The Morgan fingerprint density at radius 2 is 1.88 bits per heavy atom. The average Bonchev–Trinajstić information content (AvgIpc) is 2.85. The lowest BCUT2D eigenvalue weighted by Gasteiger charge is -2.24. The number of carbonyl (C=O) groups excluding carboxylic acids is 2. The number of amides is 2. The van der Waals surface area contributed by atoms with E-state index in [1.165, 1.54) is 4.90 Å². The monoisotopic (exact) mass is 347 g/mol. The van der Waals surface area contributed by atoms with Crippen molar-refractivity contribution < 1.29 is 9.59 Å². The van der Waals surface area contributed by atoms with Crippen molar-refractivity contribution >= 4 is 29.3 Å². The van der Waals surface area contributed by atoms with Crippen molar-refractivity contribution in [2.75, 3.05) is 50.9 Å². The van der Waals surface area contributed by atoms with E-state index < -0.39 is 0 Å². The summed E-state index contributed by atoms with van der Waals surface area (Å²) in [6, 6.07) is 7.98. The number of thioether (sulfide) groups is 1. The summed E-state index contributed by atoms with van der Waals surface area (Å²) in [5.74, 6) is -0.0137. The second-order valence-electron chi connectivity index (χ2n) is 6.59. The summed E-state index contributed by atoms with van der Waals surface area (Å²) in [5.41, 5.74) is 0.892. The first-order valence-corrected chi connectivity index (χ1v) is 9.72. The summed E-state index contributed by atoms with van der Waals surface area (Å²) in [4.78, 5) is 32.3. The molecule has 0 aliphatic carbocycles. The minimum Gasteiger partial charge on any atom is -0.341 e. The second-order valence-corrected chi connectivity index (χ2v) is 7.47. The predicted octanol–water partition coefficient (Wildman–Crippen LogP) is 1.93.